The van der Waals surface area contributed by atoms with Gasteiger partial charge in [0.1, 0.15) is 11.6 Å². The number of nitrogens with zero attached hydrogens (tertiary/aromatic N) is 1. The molecule has 1 fully saturated rings. The lowest BCUT2D eigenvalue weighted by Crippen LogP contribution is -2.38. The van der Waals surface area contributed by atoms with Crippen LogP contribution >= 0.6 is 0 Å². The summed E-state index contributed by atoms with van der Waals surface area (Å²) in [6.07, 6.45) is 0.696. The number of aliphatic hydroxyl groups excluding tert-OH is 1. The fourth-order valence-corrected chi connectivity index (χ4v) is 1.88. The van der Waals surface area contributed by atoms with Gasteiger partial charge in [-0.25, -0.2) is 0 Å². The zero-order chi connectivity index (χ0) is 11.6. The van der Waals surface area contributed by atoms with Gasteiger partial charge >= 0.3 is 5.97 Å². The van der Waals surface area contributed by atoms with E-state index < -0.39 is 5.60 Å². The van der Waals surface area contributed by atoms with Crippen molar-refractivity contribution in [1.82, 2.24) is 4.90 Å². The molecule has 0 radical (unpaired) electrons. The van der Waals surface area contributed by atoms with E-state index in [0.29, 0.717) is 6.42 Å². The van der Waals surface area contributed by atoms with Crippen molar-refractivity contribution in [1.29, 1.82) is 0 Å². The highest BCUT2D eigenvalue weighted by Crippen LogP contribution is 2.23. The lowest BCUT2D eigenvalue weighted by Gasteiger charge is -2.24. The predicted molar refractivity (Wildman–Crippen MR) is 57.5 cm³/mol. The van der Waals surface area contributed by atoms with Crippen LogP contribution in [0.15, 0.2) is 0 Å². The number of carbonyl (C=O) groups excluding carboxylic acids is 1. The van der Waals surface area contributed by atoms with Crippen molar-refractivity contribution in [3.8, 4) is 0 Å². The topological polar surface area (TPSA) is 49.8 Å². The second kappa shape index (κ2) is 4.49. The molecule has 88 valence electrons. The molecule has 0 bridgehead atoms. The Labute approximate surface area is 91.2 Å². The van der Waals surface area contributed by atoms with E-state index in [0.717, 1.165) is 6.54 Å². The number of likely N-dealkylation sites (N-methyl/N-ethyl adjacent to an activating group) is 1. The van der Waals surface area contributed by atoms with Gasteiger partial charge < -0.3 is 9.84 Å². The zero-order valence-corrected chi connectivity index (χ0v) is 9.99. The Morgan fingerprint density at radius 3 is 2.53 bits per heavy atom. The number of ether oxygens (including phenoxy) is 1. The number of rotatable bonds is 2. The fourth-order valence-electron chi connectivity index (χ4n) is 1.88. The van der Waals surface area contributed by atoms with E-state index in [1.54, 1.807) is 0 Å². The average Bonchev–Trinajstić information content (AvgIpc) is 2.43. The molecule has 4 heteroatoms. The van der Waals surface area contributed by atoms with Gasteiger partial charge in [-0.05, 0) is 40.2 Å². The zero-order valence-electron chi connectivity index (χ0n) is 9.99. The molecular weight excluding hydrogens is 194 g/mol. The van der Waals surface area contributed by atoms with Crippen LogP contribution in [0.4, 0.5) is 0 Å². The van der Waals surface area contributed by atoms with E-state index >= 15 is 0 Å². The quantitative estimate of drug-likeness (QED) is 0.687. The third-order valence-electron chi connectivity index (χ3n) is 2.57. The Bertz CT molecular complexity index is 234. The maximum absolute atomic E-state index is 11.8. The second-order valence-corrected chi connectivity index (χ2v) is 5.27. The van der Waals surface area contributed by atoms with Crippen molar-refractivity contribution in [3.05, 3.63) is 0 Å². The minimum atomic E-state index is -0.435. The average molecular weight is 215 g/mol. The Kier molecular flexibility index (Phi) is 3.73. The summed E-state index contributed by atoms with van der Waals surface area (Å²) in [5.41, 5.74) is -0.435. The van der Waals surface area contributed by atoms with Crippen LogP contribution < -0.4 is 0 Å². The van der Waals surface area contributed by atoms with Gasteiger partial charge in [0.05, 0.1) is 0 Å². The molecule has 1 saturated heterocycles. The monoisotopic (exact) mass is 215 g/mol. The summed E-state index contributed by atoms with van der Waals surface area (Å²) in [6, 6.07) is -0.193. The molecular formula is C11H21NO3. The summed E-state index contributed by atoms with van der Waals surface area (Å²) in [7, 11) is 1.89. The molecule has 1 rings (SSSR count). The fraction of sp³-hybridized carbons (Fsp3) is 0.909. The molecule has 15 heavy (non-hydrogen) atoms. The third-order valence-corrected chi connectivity index (χ3v) is 2.57. The van der Waals surface area contributed by atoms with E-state index in [2.05, 4.69) is 0 Å². The molecule has 0 spiro atoms. The molecule has 0 amide bonds. The van der Waals surface area contributed by atoms with Crippen molar-refractivity contribution in [2.45, 2.75) is 38.8 Å². The SMILES string of the molecule is CN1CC(CO)CC1C(=O)OC(C)(C)C. The van der Waals surface area contributed by atoms with Gasteiger partial charge in [-0.15, -0.1) is 0 Å². The molecule has 1 aliphatic heterocycles. The highest BCUT2D eigenvalue weighted by Gasteiger charge is 2.36. The van der Waals surface area contributed by atoms with Gasteiger partial charge in [0.2, 0.25) is 0 Å². The number of likely N-dealkylation sites (tertiary alicyclic amines) is 1. The van der Waals surface area contributed by atoms with E-state index in [-0.39, 0.29) is 24.5 Å². The summed E-state index contributed by atoms with van der Waals surface area (Å²) in [5.74, 6) is 0.0217. The highest BCUT2D eigenvalue weighted by molar-refractivity contribution is 5.76. The molecule has 4 nitrogen and oxygen atoms in total. The van der Waals surface area contributed by atoms with Crippen LogP contribution in [-0.4, -0.2) is 47.8 Å². The maximum atomic E-state index is 11.8. The second-order valence-electron chi connectivity index (χ2n) is 5.27. The van der Waals surface area contributed by atoms with E-state index in [1.807, 2.05) is 32.7 Å². The van der Waals surface area contributed by atoms with Crippen LogP contribution in [0.25, 0.3) is 0 Å². The van der Waals surface area contributed by atoms with Crippen LogP contribution in [-0.2, 0) is 9.53 Å². The third kappa shape index (κ3) is 3.47. The van der Waals surface area contributed by atoms with Gasteiger partial charge in [0, 0.05) is 13.2 Å². The number of hydrogen-bond donors (Lipinski definition) is 1. The first-order valence-electron chi connectivity index (χ1n) is 5.37. The van der Waals surface area contributed by atoms with Crippen LogP contribution in [0.1, 0.15) is 27.2 Å². The molecule has 0 aromatic heterocycles. The Morgan fingerprint density at radius 2 is 2.13 bits per heavy atom. The summed E-state index contributed by atoms with van der Waals surface area (Å²) in [6.45, 7) is 6.50. The molecule has 1 heterocycles. The van der Waals surface area contributed by atoms with Gasteiger partial charge in [-0.1, -0.05) is 0 Å². The first kappa shape index (κ1) is 12.5. The standard InChI is InChI=1S/C11H21NO3/c1-11(2,3)15-10(14)9-5-8(7-13)6-12(9)4/h8-9,13H,5-7H2,1-4H3. The van der Waals surface area contributed by atoms with E-state index in [1.165, 1.54) is 0 Å². The van der Waals surface area contributed by atoms with Crippen LogP contribution in [0.3, 0.4) is 0 Å². The Balaban J connectivity index is 2.54. The minimum Gasteiger partial charge on any atom is -0.459 e. The molecule has 2 unspecified atom stereocenters. The molecule has 0 saturated carbocycles. The van der Waals surface area contributed by atoms with Crippen LogP contribution in [0.5, 0.6) is 0 Å². The molecule has 1 N–H and O–H groups in total. The summed E-state index contributed by atoms with van der Waals surface area (Å²) in [5, 5.41) is 9.04. The lowest BCUT2D eigenvalue weighted by atomic mass is 10.1. The van der Waals surface area contributed by atoms with Crippen LogP contribution in [0.2, 0.25) is 0 Å². The molecule has 0 aromatic carbocycles. The molecule has 0 aliphatic carbocycles. The largest absolute Gasteiger partial charge is 0.459 e. The van der Waals surface area contributed by atoms with Gasteiger partial charge in [-0.2, -0.15) is 0 Å². The number of aliphatic hydroxyl groups is 1. The van der Waals surface area contributed by atoms with E-state index in [4.69, 9.17) is 9.84 Å². The van der Waals surface area contributed by atoms with Crippen molar-refractivity contribution in [2.24, 2.45) is 5.92 Å². The first-order chi connectivity index (χ1) is 6.83. The lowest BCUT2D eigenvalue weighted by molar-refractivity contribution is -0.159. The first-order valence-corrected chi connectivity index (χ1v) is 5.37. The van der Waals surface area contributed by atoms with Crippen molar-refractivity contribution >= 4 is 5.97 Å². The summed E-state index contributed by atoms with van der Waals surface area (Å²) < 4.78 is 5.32. The summed E-state index contributed by atoms with van der Waals surface area (Å²) in [4.78, 5) is 13.7. The van der Waals surface area contributed by atoms with Gasteiger partial charge in [0.25, 0.3) is 0 Å². The predicted octanol–water partition coefficient (Wildman–Crippen LogP) is 0.641. The normalized spacial score (nSPS) is 28.1. The van der Waals surface area contributed by atoms with Gasteiger partial charge in [0.15, 0.2) is 0 Å². The Hall–Kier alpha value is -0.610. The number of hydrogen-bond acceptors (Lipinski definition) is 4. The smallest absolute Gasteiger partial charge is 0.323 e. The summed E-state index contributed by atoms with van der Waals surface area (Å²) >= 11 is 0. The Morgan fingerprint density at radius 1 is 1.53 bits per heavy atom. The van der Waals surface area contributed by atoms with Crippen molar-refractivity contribution in [2.75, 3.05) is 20.2 Å². The number of carbonyl (C=O) groups is 1. The molecule has 2 atom stereocenters. The minimum absolute atomic E-state index is 0.142. The van der Waals surface area contributed by atoms with Gasteiger partial charge in [-0.3, -0.25) is 9.69 Å². The van der Waals surface area contributed by atoms with Crippen molar-refractivity contribution in [3.63, 3.8) is 0 Å². The van der Waals surface area contributed by atoms with E-state index in [9.17, 15) is 4.79 Å². The maximum Gasteiger partial charge on any atom is 0.323 e. The number of esters is 1. The molecule has 0 aromatic rings. The molecule has 1 aliphatic rings. The highest BCUT2D eigenvalue weighted by atomic mass is 16.6. The van der Waals surface area contributed by atoms with Crippen LogP contribution in [0, 0.1) is 5.92 Å². The van der Waals surface area contributed by atoms with Crippen molar-refractivity contribution < 1.29 is 14.6 Å².